The van der Waals surface area contributed by atoms with E-state index >= 15 is 0 Å². The molecule has 0 aliphatic heterocycles. The van der Waals surface area contributed by atoms with Crippen LogP contribution < -0.4 is 5.32 Å². The fourth-order valence-electron chi connectivity index (χ4n) is 1.38. The number of aliphatic hydroxyl groups excluding tert-OH is 1. The second-order valence-corrected chi connectivity index (χ2v) is 5.15. The largest absolute Gasteiger partial charge is 0.396 e. The summed E-state index contributed by atoms with van der Waals surface area (Å²) in [6.45, 7) is 0.199. The molecule has 0 aliphatic rings. The van der Waals surface area contributed by atoms with Gasteiger partial charge in [0.1, 0.15) is 16.5 Å². The zero-order valence-corrected chi connectivity index (χ0v) is 10.6. The van der Waals surface area contributed by atoms with Crippen molar-refractivity contribution in [2.45, 2.75) is 5.75 Å². The minimum atomic E-state index is 0.199. The molecule has 0 spiro atoms. The van der Waals surface area contributed by atoms with Crippen LogP contribution in [0.15, 0.2) is 11.4 Å². The van der Waals surface area contributed by atoms with Crippen molar-refractivity contribution in [2.24, 2.45) is 0 Å². The Hall–Kier alpha value is -0.850. The van der Waals surface area contributed by atoms with Gasteiger partial charge >= 0.3 is 0 Å². The summed E-state index contributed by atoms with van der Waals surface area (Å²) >= 11 is 3.26. The van der Waals surface area contributed by atoms with Crippen molar-refractivity contribution in [3.8, 4) is 0 Å². The smallest absolute Gasteiger partial charge is 0.142 e. The Morgan fingerprint density at radius 2 is 2.38 bits per heavy atom. The molecule has 0 saturated heterocycles. The molecule has 0 bridgehead atoms. The summed E-state index contributed by atoms with van der Waals surface area (Å²) in [6.07, 6.45) is 0. The molecule has 2 heterocycles. The zero-order valence-electron chi connectivity index (χ0n) is 8.93. The highest BCUT2D eigenvalue weighted by Gasteiger charge is 2.07. The highest BCUT2D eigenvalue weighted by atomic mass is 32.2. The molecule has 0 aromatic carbocycles. The maximum atomic E-state index is 8.71. The van der Waals surface area contributed by atoms with Gasteiger partial charge in [0.2, 0.25) is 0 Å². The molecule has 4 nitrogen and oxygen atoms in total. The number of anilines is 1. The van der Waals surface area contributed by atoms with E-state index in [0.29, 0.717) is 0 Å². The van der Waals surface area contributed by atoms with Gasteiger partial charge < -0.3 is 10.4 Å². The first kappa shape index (κ1) is 11.6. The third-order valence-corrected chi connectivity index (χ3v) is 3.82. The molecule has 16 heavy (non-hydrogen) atoms. The van der Waals surface area contributed by atoms with E-state index in [1.54, 1.807) is 23.1 Å². The molecule has 0 unspecified atom stereocenters. The number of hydrogen-bond acceptors (Lipinski definition) is 6. The molecular weight excluding hydrogens is 242 g/mol. The number of thiophene rings is 1. The van der Waals surface area contributed by atoms with Crippen molar-refractivity contribution in [1.29, 1.82) is 0 Å². The Morgan fingerprint density at radius 3 is 3.12 bits per heavy atom. The second kappa shape index (κ2) is 5.47. The van der Waals surface area contributed by atoms with Gasteiger partial charge in [0.05, 0.1) is 17.7 Å². The maximum absolute atomic E-state index is 8.71. The van der Waals surface area contributed by atoms with Crippen LogP contribution in [0.2, 0.25) is 0 Å². The topological polar surface area (TPSA) is 58.0 Å². The highest BCUT2D eigenvalue weighted by Crippen LogP contribution is 2.25. The average molecular weight is 255 g/mol. The van der Waals surface area contributed by atoms with Gasteiger partial charge in [0.15, 0.2) is 0 Å². The Morgan fingerprint density at radius 1 is 1.50 bits per heavy atom. The molecule has 6 heteroatoms. The molecule has 0 aliphatic carbocycles. The lowest BCUT2D eigenvalue weighted by Gasteiger charge is -2.04. The van der Waals surface area contributed by atoms with Gasteiger partial charge in [0, 0.05) is 12.8 Å². The third-order valence-electron chi connectivity index (χ3n) is 2.07. The van der Waals surface area contributed by atoms with Crippen LogP contribution in [0, 0.1) is 0 Å². The number of fused-ring (bicyclic) bond motifs is 1. The summed E-state index contributed by atoms with van der Waals surface area (Å²) in [5, 5.41) is 14.9. The molecule has 2 aromatic rings. The minimum Gasteiger partial charge on any atom is -0.396 e. The van der Waals surface area contributed by atoms with E-state index in [-0.39, 0.29) is 6.61 Å². The van der Waals surface area contributed by atoms with Crippen molar-refractivity contribution in [2.75, 3.05) is 24.7 Å². The third kappa shape index (κ3) is 2.45. The molecule has 86 valence electrons. The van der Waals surface area contributed by atoms with Gasteiger partial charge in [-0.15, -0.1) is 11.3 Å². The molecule has 2 N–H and O–H groups in total. The van der Waals surface area contributed by atoms with Gasteiger partial charge in [-0.05, 0) is 11.4 Å². The van der Waals surface area contributed by atoms with Crippen molar-refractivity contribution >= 4 is 39.1 Å². The summed E-state index contributed by atoms with van der Waals surface area (Å²) in [4.78, 5) is 9.94. The van der Waals surface area contributed by atoms with E-state index in [1.807, 2.05) is 18.5 Å². The normalized spacial score (nSPS) is 10.9. The van der Waals surface area contributed by atoms with Gasteiger partial charge in [-0.1, -0.05) is 0 Å². The van der Waals surface area contributed by atoms with E-state index in [0.717, 1.165) is 33.4 Å². The Balaban J connectivity index is 2.25. The standard InChI is InChI=1S/C10H13N3OS2/c1-11-9-7-2-4-16-10(7)13-8(12-9)6-15-5-3-14/h2,4,14H,3,5-6H2,1H3,(H,11,12,13). The lowest BCUT2D eigenvalue weighted by molar-refractivity contribution is 0.322. The molecule has 0 fully saturated rings. The number of aromatic nitrogens is 2. The number of nitrogens with one attached hydrogen (secondary N) is 1. The second-order valence-electron chi connectivity index (χ2n) is 3.15. The van der Waals surface area contributed by atoms with E-state index < -0.39 is 0 Å². The lowest BCUT2D eigenvalue weighted by Crippen LogP contribution is -2.00. The van der Waals surface area contributed by atoms with Crippen LogP contribution in [0.3, 0.4) is 0 Å². The van der Waals surface area contributed by atoms with E-state index in [2.05, 4.69) is 15.3 Å². The summed E-state index contributed by atoms with van der Waals surface area (Å²) in [5.74, 6) is 3.16. The highest BCUT2D eigenvalue weighted by molar-refractivity contribution is 7.98. The van der Waals surface area contributed by atoms with Crippen molar-refractivity contribution in [1.82, 2.24) is 9.97 Å². The van der Waals surface area contributed by atoms with Gasteiger partial charge in [-0.2, -0.15) is 11.8 Å². The predicted molar refractivity (Wildman–Crippen MR) is 70.2 cm³/mol. The Bertz CT molecular complexity index is 472. The van der Waals surface area contributed by atoms with Crippen LogP contribution in [-0.2, 0) is 5.75 Å². The first-order valence-corrected chi connectivity index (χ1v) is 6.99. The van der Waals surface area contributed by atoms with Gasteiger partial charge in [-0.3, -0.25) is 0 Å². The summed E-state index contributed by atoms with van der Waals surface area (Å²) in [7, 11) is 1.87. The zero-order chi connectivity index (χ0) is 11.4. The van der Waals surface area contributed by atoms with E-state index in [1.165, 1.54) is 0 Å². The Labute approximate surface area is 102 Å². The number of hydrogen-bond donors (Lipinski definition) is 2. The number of nitrogens with zero attached hydrogens (tertiary/aromatic N) is 2. The van der Waals surface area contributed by atoms with E-state index in [4.69, 9.17) is 5.11 Å². The number of aliphatic hydroxyl groups is 1. The fourth-order valence-corrected chi connectivity index (χ4v) is 2.75. The summed E-state index contributed by atoms with van der Waals surface area (Å²) in [5.41, 5.74) is 0. The first-order valence-electron chi connectivity index (χ1n) is 4.95. The molecule has 2 rings (SSSR count). The van der Waals surface area contributed by atoms with Crippen LogP contribution in [-0.4, -0.2) is 34.5 Å². The SMILES string of the molecule is CNc1nc(CSCCO)nc2sccc12. The Kier molecular flexibility index (Phi) is 3.98. The summed E-state index contributed by atoms with van der Waals surface area (Å²) < 4.78 is 0. The number of rotatable bonds is 5. The van der Waals surface area contributed by atoms with Crippen LogP contribution >= 0.6 is 23.1 Å². The van der Waals surface area contributed by atoms with Crippen LogP contribution in [0.1, 0.15) is 5.82 Å². The van der Waals surface area contributed by atoms with Crippen molar-refractivity contribution < 1.29 is 5.11 Å². The quantitative estimate of drug-likeness (QED) is 0.800. The van der Waals surface area contributed by atoms with E-state index in [9.17, 15) is 0 Å². The average Bonchev–Trinajstić information content (AvgIpc) is 2.76. The molecule has 0 saturated carbocycles. The molecular formula is C10H13N3OS2. The minimum absolute atomic E-state index is 0.199. The van der Waals surface area contributed by atoms with Crippen LogP contribution in [0.25, 0.3) is 10.2 Å². The molecule has 0 amide bonds. The van der Waals surface area contributed by atoms with Crippen LogP contribution in [0.5, 0.6) is 0 Å². The molecule has 0 atom stereocenters. The summed E-state index contributed by atoms with van der Waals surface area (Å²) in [6, 6.07) is 2.02. The molecule has 2 aromatic heterocycles. The predicted octanol–water partition coefficient (Wildman–Crippen LogP) is 1.96. The van der Waals surface area contributed by atoms with Crippen LogP contribution in [0.4, 0.5) is 5.82 Å². The number of thioether (sulfide) groups is 1. The van der Waals surface area contributed by atoms with Gasteiger partial charge in [0.25, 0.3) is 0 Å². The van der Waals surface area contributed by atoms with Gasteiger partial charge in [-0.25, -0.2) is 9.97 Å². The van der Waals surface area contributed by atoms with Crippen molar-refractivity contribution in [3.63, 3.8) is 0 Å². The first-order chi connectivity index (χ1) is 7.85. The monoisotopic (exact) mass is 255 g/mol. The maximum Gasteiger partial charge on any atom is 0.142 e. The fraction of sp³-hybridized carbons (Fsp3) is 0.400. The lowest BCUT2D eigenvalue weighted by atomic mass is 10.4. The van der Waals surface area contributed by atoms with Crippen molar-refractivity contribution in [3.05, 3.63) is 17.3 Å². The molecule has 0 radical (unpaired) electrons.